The number of nitrogens with one attached hydrogen (secondary N) is 1. The molecule has 9 heteroatoms. The molecule has 0 saturated carbocycles. The number of rotatable bonds is 5. The fourth-order valence-corrected chi connectivity index (χ4v) is 3.13. The summed E-state index contributed by atoms with van der Waals surface area (Å²) in [6, 6.07) is 3.67. The highest BCUT2D eigenvalue weighted by Gasteiger charge is 2.27. The molecule has 0 atom stereocenters. The fourth-order valence-electron chi connectivity index (χ4n) is 1.81. The van der Waals surface area contributed by atoms with E-state index in [0.717, 1.165) is 10.4 Å². The lowest BCUT2D eigenvalue weighted by molar-refractivity contribution is 0.0692. The number of hydrogen-bond acceptors (Lipinski definition) is 5. The number of sulfonamides is 1. The van der Waals surface area contributed by atoms with Crippen LogP contribution in [0.15, 0.2) is 35.5 Å². The molecule has 0 aliphatic rings. The number of nitrogens with zero attached hydrogens (tertiary/aromatic N) is 2. The first-order valence-electron chi connectivity index (χ1n) is 5.89. The highest BCUT2D eigenvalue weighted by Crippen LogP contribution is 2.23. The quantitative estimate of drug-likeness (QED) is 0.690. The van der Waals surface area contributed by atoms with Crippen LogP contribution >= 0.6 is 0 Å². The monoisotopic (exact) mass is 310 g/mol. The highest BCUT2D eigenvalue weighted by atomic mass is 32.2. The molecule has 0 spiro atoms. The number of aromatic amines is 1. The molecule has 0 aliphatic heterocycles. The SMILES string of the molecule is CN(Cc1cn[nH]c1)S(=O)(=O)c1ccc(N)cc1C(=O)O. The van der Waals surface area contributed by atoms with E-state index in [1.807, 2.05) is 0 Å². The molecule has 2 rings (SSSR count). The van der Waals surface area contributed by atoms with Crippen molar-refractivity contribution >= 4 is 21.7 Å². The van der Waals surface area contributed by atoms with Crippen molar-refractivity contribution in [2.45, 2.75) is 11.4 Å². The Hall–Kier alpha value is -2.39. The van der Waals surface area contributed by atoms with Gasteiger partial charge in [-0.25, -0.2) is 13.2 Å². The number of carboxylic acid groups (broad SMARTS) is 1. The van der Waals surface area contributed by atoms with E-state index < -0.39 is 16.0 Å². The van der Waals surface area contributed by atoms with Crippen molar-refractivity contribution in [1.29, 1.82) is 0 Å². The smallest absolute Gasteiger partial charge is 0.337 e. The van der Waals surface area contributed by atoms with Crippen LogP contribution in [0.3, 0.4) is 0 Å². The van der Waals surface area contributed by atoms with Gasteiger partial charge in [0.2, 0.25) is 10.0 Å². The number of hydrogen-bond donors (Lipinski definition) is 3. The molecule has 0 saturated heterocycles. The first kappa shape index (κ1) is 15.0. The summed E-state index contributed by atoms with van der Waals surface area (Å²) >= 11 is 0. The maximum absolute atomic E-state index is 12.5. The van der Waals surface area contributed by atoms with Gasteiger partial charge in [0.15, 0.2) is 0 Å². The third kappa shape index (κ3) is 3.03. The molecule has 0 radical (unpaired) electrons. The largest absolute Gasteiger partial charge is 0.478 e. The summed E-state index contributed by atoms with van der Waals surface area (Å²) in [7, 11) is -2.59. The second kappa shape index (κ2) is 5.54. The van der Waals surface area contributed by atoms with Gasteiger partial charge in [-0.1, -0.05) is 0 Å². The van der Waals surface area contributed by atoms with Gasteiger partial charge in [0.25, 0.3) is 0 Å². The van der Waals surface area contributed by atoms with Gasteiger partial charge >= 0.3 is 5.97 Å². The molecular formula is C12H14N4O4S. The molecule has 1 heterocycles. The van der Waals surface area contributed by atoms with Crippen LogP contribution in [0.2, 0.25) is 0 Å². The molecule has 8 nitrogen and oxygen atoms in total. The predicted molar refractivity (Wildman–Crippen MR) is 75.1 cm³/mol. The molecule has 2 aromatic rings. The Bertz CT molecular complexity index is 756. The molecule has 0 bridgehead atoms. The van der Waals surface area contributed by atoms with Crippen LogP contribution in [0.5, 0.6) is 0 Å². The summed E-state index contributed by atoms with van der Waals surface area (Å²) in [5.41, 5.74) is 6.00. The summed E-state index contributed by atoms with van der Waals surface area (Å²) < 4.78 is 26.0. The number of nitrogen functional groups attached to an aromatic ring is 1. The molecule has 1 aromatic heterocycles. The van der Waals surface area contributed by atoms with Crippen molar-refractivity contribution in [3.8, 4) is 0 Å². The Morgan fingerprint density at radius 2 is 2.19 bits per heavy atom. The van der Waals surface area contributed by atoms with Gasteiger partial charge in [0.1, 0.15) is 0 Å². The summed E-state index contributed by atoms with van der Waals surface area (Å²) in [6.07, 6.45) is 3.06. The number of H-pyrrole nitrogens is 1. The second-order valence-electron chi connectivity index (χ2n) is 4.43. The topological polar surface area (TPSA) is 129 Å². The van der Waals surface area contributed by atoms with E-state index in [2.05, 4.69) is 10.2 Å². The van der Waals surface area contributed by atoms with Gasteiger partial charge in [-0.3, -0.25) is 5.10 Å². The first-order valence-corrected chi connectivity index (χ1v) is 7.33. The van der Waals surface area contributed by atoms with E-state index in [-0.39, 0.29) is 22.7 Å². The van der Waals surface area contributed by atoms with E-state index in [4.69, 9.17) is 10.8 Å². The molecule has 4 N–H and O–H groups in total. The number of nitrogens with two attached hydrogens (primary N) is 1. The highest BCUT2D eigenvalue weighted by molar-refractivity contribution is 7.89. The van der Waals surface area contributed by atoms with Gasteiger partial charge < -0.3 is 10.8 Å². The minimum atomic E-state index is -3.95. The van der Waals surface area contributed by atoms with Crippen molar-refractivity contribution in [2.75, 3.05) is 12.8 Å². The van der Waals surface area contributed by atoms with Gasteiger partial charge in [-0.05, 0) is 18.2 Å². The summed E-state index contributed by atoms with van der Waals surface area (Å²) in [5, 5.41) is 15.4. The maximum Gasteiger partial charge on any atom is 0.337 e. The summed E-state index contributed by atoms with van der Waals surface area (Å²) in [4.78, 5) is 10.9. The van der Waals surface area contributed by atoms with Crippen LogP contribution in [-0.4, -0.2) is 41.0 Å². The average Bonchev–Trinajstić information content (AvgIpc) is 2.91. The van der Waals surface area contributed by atoms with E-state index in [9.17, 15) is 13.2 Å². The second-order valence-corrected chi connectivity index (χ2v) is 6.44. The lowest BCUT2D eigenvalue weighted by atomic mass is 10.2. The Kier molecular flexibility index (Phi) is 3.96. The zero-order valence-electron chi connectivity index (χ0n) is 11.1. The predicted octanol–water partition coefficient (Wildman–Crippen LogP) is 0.511. The molecule has 0 aliphatic carbocycles. The molecule has 0 amide bonds. The van der Waals surface area contributed by atoms with E-state index in [1.165, 1.54) is 25.4 Å². The minimum absolute atomic E-state index is 0.0717. The number of aromatic carboxylic acids is 1. The number of anilines is 1. The normalized spacial score (nSPS) is 11.7. The van der Waals surface area contributed by atoms with Gasteiger partial charge in [-0.2, -0.15) is 9.40 Å². The summed E-state index contributed by atoms with van der Waals surface area (Å²) in [6.45, 7) is 0.0717. The third-order valence-electron chi connectivity index (χ3n) is 2.88. The maximum atomic E-state index is 12.5. The van der Waals surface area contributed by atoms with Crippen molar-refractivity contribution in [3.05, 3.63) is 41.7 Å². The van der Waals surface area contributed by atoms with Crippen LogP contribution in [-0.2, 0) is 16.6 Å². The molecular weight excluding hydrogens is 296 g/mol. The molecule has 0 fully saturated rings. The number of benzene rings is 1. The lowest BCUT2D eigenvalue weighted by Crippen LogP contribution is -2.28. The zero-order chi connectivity index (χ0) is 15.6. The summed E-state index contributed by atoms with van der Waals surface area (Å²) in [5.74, 6) is -1.35. The Morgan fingerprint density at radius 1 is 1.48 bits per heavy atom. The average molecular weight is 310 g/mol. The first-order chi connectivity index (χ1) is 9.82. The Balaban J connectivity index is 2.41. The van der Waals surface area contributed by atoms with Crippen LogP contribution in [0.1, 0.15) is 15.9 Å². The van der Waals surface area contributed by atoms with E-state index >= 15 is 0 Å². The van der Waals surface area contributed by atoms with Gasteiger partial charge in [0.05, 0.1) is 16.7 Å². The fraction of sp³-hybridized carbons (Fsp3) is 0.167. The molecule has 112 valence electrons. The lowest BCUT2D eigenvalue weighted by Gasteiger charge is -2.17. The van der Waals surface area contributed by atoms with Crippen molar-refractivity contribution in [1.82, 2.24) is 14.5 Å². The molecule has 0 unspecified atom stereocenters. The Labute approximate surface area is 121 Å². The van der Waals surface area contributed by atoms with Gasteiger partial charge in [0, 0.05) is 31.0 Å². The number of aromatic nitrogens is 2. The molecule has 21 heavy (non-hydrogen) atoms. The third-order valence-corrected chi connectivity index (χ3v) is 4.74. The standard InChI is InChI=1S/C12H14N4O4S/c1-16(7-8-5-14-15-6-8)21(19,20)11-3-2-9(13)4-10(11)12(17)18/h2-6H,7,13H2,1H3,(H,14,15)(H,17,18). The minimum Gasteiger partial charge on any atom is -0.478 e. The Morgan fingerprint density at radius 3 is 2.76 bits per heavy atom. The van der Waals surface area contributed by atoms with Gasteiger partial charge in [-0.15, -0.1) is 0 Å². The number of carboxylic acids is 1. The molecule has 1 aromatic carbocycles. The van der Waals surface area contributed by atoms with Crippen LogP contribution < -0.4 is 5.73 Å². The number of carbonyl (C=O) groups is 1. The van der Waals surface area contributed by atoms with E-state index in [0.29, 0.717) is 5.56 Å². The van der Waals surface area contributed by atoms with Crippen LogP contribution in [0.4, 0.5) is 5.69 Å². The van der Waals surface area contributed by atoms with Crippen LogP contribution in [0.25, 0.3) is 0 Å². The van der Waals surface area contributed by atoms with Crippen molar-refractivity contribution < 1.29 is 18.3 Å². The zero-order valence-corrected chi connectivity index (χ0v) is 12.0. The van der Waals surface area contributed by atoms with E-state index in [1.54, 1.807) is 6.20 Å². The van der Waals surface area contributed by atoms with Crippen LogP contribution in [0, 0.1) is 0 Å². The van der Waals surface area contributed by atoms with Crippen molar-refractivity contribution in [2.24, 2.45) is 0 Å². The van der Waals surface area contributed by atoms with Crippen molar-refractivity contribution in [3.63, 3.8) is 0 Å².